The molecule has 0 spiro atoms. The minimum atomic E-state index is -0.145. The highest BCUT2D eigenvalue weighted by molar-refractivity contribution is 6.06. The molecular formula is C25H27N3O2. The second-order valence-corrected chi connectivity index (χ2v) is 7.18. The van der Waals surface area contributed by atoms with Gasteiger partial charge >= 0.3 is 0 Å². The third-order valence-electron chi connectivity index (χ3n) is 4.87. The van der Waals surface area contributed by atoms with Crippen molar-refractivity contribution in [2.45, 2.75) is 20.8 Å². The van der Waals surface area contributed by atoms with Crippen LogP contribution in [0.15, 0.2) is 72.8 Å². The standard InChI is InChI=1S/C25H27N3O2/c1-4-28(22-8-6-5-7-9-22)25(30)20-11-13-21(14-12-20)27-24(29)17-26-23-15-10-18(2)16-19(23)3/h5-16,26H,4,17H2,1-3H3,(H,27,29). The second kappa shape index (κ2) is 9.74. The van der Waals surface area contributed by atoms with Gasteiger partial charge in [-0.1, -0.05) is 35.9 Å². The molecule has 0 aliphatic heterocycles. The number of anilines is 3. The van der Waals surface area contributed by atoms with Crippen LogP contribution in [0.3, 0.4) is 0 Å². The monoisotopic (exact) mass is 401 g/mol. The Kier molecular flexibility index (Phi) is 6.86. The summed E-state index contributed by atoms with van der Waals surface area (Å²) >= 11 is 0. The Balaban J connectivity index is 1.59. The summed E-state index contributed by atoms with van der Waals surface area (Å²) in [5.41, 5.74) is 5.32. The average molecular weight is 402 g/mol. The van der Waals surface area contributed by atoms with Crippen LogP contribution >= 0.6 is 0 Å². The van der Waals surface area contributed by atoms with E-state index in [-0.39, 0.29) is 18.4 Å². The lowest BCUT2D eigenvalue weighted by Gasteiger charge is -2.21. The highest BCUT2D eigenvalue weighted by Gasteiger charge is 2.16. The minimum Gasteiger partial charge on any atom is -0.376 e. The van der Waals surface area contributed by atoms with Crippen LogP contribution in [0.1, 0.15) is 28.4 Å². The molecule has 0 aromatic heterocycles. The van der Waals surface area contributed by atoms with Crippen molar-refractivity contribution in [2.75, 3.05) is 28.6 Å². The molecule has 0 aliphatic rings. The van der Waals surface area contributed by atoms with E-state index >= 15 is 0 Å². The fraction of sp³-hybridized carbons (Fsp3) is 0.200. The van der Waals surface area contributed by atoms with Gasteiger partial charge in [-0.2, -0.15) is 0 Å². The van der Waals surface area contributed by atoms with Crippen molar-refractivity contribution in [3.05, 3.63) is 89.5 Å². The van der Waals surface area contributed by atoms with Crippen LogP contribution in [0, 0.1) is 13.8 Å². The molecular weight excluding hydrogens is 374 g/mol. The van der Waals surface area contributed by atoms with Gasteiger partial charge in [-0.25, -0.2) is 0 Å². The molecule has 2 amide bonds. The van der Waals surface area contributed by atoms with E-state index in [9.17, 15) is 9.59 Å². The Bertz CT molecular complexity index is 1010. The normalized spacial score (nSPS) is 10.4. The van der Waals surface area contributed by atoms with E-state index in [1.54, 1.807) is 29.2 Å². The number of amides is 2. The Hall–Kier alpha value is -3.60. The Morgan fingerprint density at radius 2 is 1.60 bits per heavy atom. The van der Waals surface area contributed by atoms with Crippen LogP contribution < -0.4 is 15.5 Å². The summed E-state index contributed by atoms with van der Waals surface area (Å²) < 4.78 is 0. The molecule has 0 heterocycles. The van der Waals surface area contributed by atoms with Crippen LogP contribution in [-0.4, -0.2) is 24.9 Å². The zero-order valence-corrected chi connectivity index (χ0v) is 17.6. The van der Waals surface area contributed by atoms with Crippen LogP contribution in [0.2, 0.25) is 0 Å². The first-order valence-electron chi connectivity index (χ1n) is 10.1. The van der Waals surface area contributed by atoms with Crippen LogP contribution in [-0.2, 0) is 4.79 Å². The predicted molar refractivity (Wildman–Crippen MR) is 123 cm³/mol. The fourth-order valence-electron chi connectivity index (χ4n) is 3.30. The van der Waals surface area contributed by atoms with Crippen molar-refractivity contribution in [1.29, 1.82) is 0 Å². The van der Waals surface area contributed by atoms with Gasteiger partial charge in [0.15, 0.2) is 0 Å². The van der Waals surface area contributed by atoms with Gasteiger partial charge in [-0.3, -0.25) is 9.59 Å². The molecule has 154 valence electrons. The van der Waals surface area contributed by atoms with Gasteiger partial charge < -0.3 is 15.5 Å². The molecule has 30 heavy (non-hydrogen) atoms. The fourth-order valence-corrected chi connectivity index (χ4v) is 3.30. The maximum Gasteiger partial charge on any atom is 0.258 e. The number of hydrogen-bond donors (Lipinski definition) is 2. The Morgan fingerprint density at radius 3 is 2.23 bits per heavy atom. The summed E-state index contributed by atoms with van der Waals surface area (Å²) in [6.07, 6.45) is 0. The molecule has 5 heteroatoms. The molecule has 2 N–H and O–H groups in total. The first kappa shape index (κ1) is 21.1. The largest absolute Gasteiger partial charge is 0.376 e. The molecule has 0 atom stereocenters. The number of nitrogens with one attached hydrogen (secondary N) is 2. The third kappa shape index (κ3) is 5.26. The SMILES string of the molecule is CCN(C(=O)c1ccc(NC(=O)CNc2ccc(C)cc2C)cc1)c1ccccc1. The number of aryl methyl sites for hydroxylation is 2. The molecule has 0 fully saturated rings. The molecule has 0 radical (unpaired) electrons. The number of nitrogens with zero attached hydrogens (tertiary/aromatic N) is 1. The summed E-state index contributed by atoms with van der Waals surface area (Å²) in [6, 6.07) is 22.6. The van der Waals surface area contributed by atoms with Crippen LogP contribution in [0.25, 0.3) is 0 Å². The van der Waals surface area contributed by atoms with Gasteiger partial charge in [0, 0.05) is 29.2 Å². The van der Waals surface area contributed by atoms with Crippen molar-refractivity contribution in [3.8, 4) is 0 Å². The number of hydrogen-bond acceptors (Lipinski definition) is 3. The van der Waals surface area contributed by atoms with Crippen molar-refractivity contribution in [2.24, 2.45) is 0 Å². The zero-order valence-electron chi connectivity index (χ0n) is 17.6. The quantitative estimate of drug-likeness (QED) is 0.584. The summed E-state index contributed by atoms with van der Waals surface area (Å²) in [5.74, 6) is -0.216. The van der Waals surface area contributed by atoms with Gasteiger partial charge in [0.25, 0.3) is 5.91 Å². The van der Waals surface area contributed by atoms with Crippen molar-refractivity contribution < 1.29 is 9.59 Å². The lowest BCUT2D eigenvalue weighted by atomic mass is 10.1. The number of rotatable bonds is 7. The maximum absolute atomic E-state index is 12.9. The summed E-state index contributed by atoms with van der Waals surface area (Å²) in [4.78, 5) is 26.9. The first-order chi connectivity index (χ1) is 14.5. The minimum absolute atomic E-state index is 0.0712. The second-order valence-electron chi connectivity index (χ2n) is 7.18. The van der Waals surface area contributed by atoms with Crippen LogP contribution in [0.4, 0.5) is 17.1 Å². The van der Waals surface area contributed by atoms with Gasteiger partial charge in [0.2, 0.25) is 5.91 Å². The summed E-state index contributed by atoms with van der Waals surface area (Å²) in [6.45, 7) is 6.74. The summed E-state index contributed by atoms with van der Waals surface area (Å²) in [7, 11) is 0. The lowest BCUT2D eigenvalue weighted by Crippen LogP contribution is -2.30. The highest BCUT2D eigenvalue weighted by atomic mass is 16.2. The number of carbonyl (C=O) groups excluding carboxylic acids is 2. The molecule has 3 aromatic carbocycles. The van der Waals surface area contributed by atoms with Crippen molar-refractivity contribution in [3.63, 3.8) is 0 Å². The number of benzene rings is 3. The van der Waals surface area contributed by atoms with Crippen molar-refractivity contribution in [1.82, 2.24) is 0 Å². The van der Waals surface area contributed by atoms with Gasteiger partial charge in [0.05, 0.1) is 6.54 Å². The van der Waals surface area contributed by atoms with Gasteiger partial charge in [-0.15, -0.1) is 0 Å². The first-order valence-corrected chi connectivity index (χ1v) is 10.1. The molecule has 0 saturated heterocycles. The number of carbonyl (C=O) groups is 2. The smallest absolute Gasteiger partial charge is 0.258 e. The van der Waals surface area contributed by atoms with Gasteiger partial charge in [0.1, 0.15) is 0 Å². The van der Waals surface area contributed by atoms with E-state index in [2.05, 4.69) is 16.7 Å². The molecule has 5 nitrogen and oxygen atoms in total. The molecule has 0 saturated carbocycles. The van der Waals surface area contributed by atoms with E-state index in [1.807, 2.05) is 63.2 Å². The Labute approximate surface area is 177 Å². The lowest BCUT2D eigenvalue weighted by molar-refractivity contribution is -0.114. The molecule has 3 rings (SSSR count). The van der Waals surface area contributed by atoms with E-state index < -0.39 is 0 Å². The van der Waals surface area contributed by atoms with Gasteiger partial charge in [-0.05, 0) is 68.8 Å². The zero-order chi connectivity index (χ0) is 21.5. The topological polar surface area (TPSA) is 61.4 Å². The van der Waals surface area contributed by atoms with E-state index in [0.29, 0.717) is 17.8 Å². The van der Waals surface area contributed by atoms with E-state index in [4.69, 9.17) is 0 Å². The summed E-state index contributed by atoms with van der Waals surface area (Å²) in [5, 5.41) is 6.02. The maximum atomic E-state index is 12.9. The molecule has 3 aromatic rings. The molecule has 0 bridgehead atoms. The van der Waals surface area contributed by atoms with E-state index in [1.165, 1.54) is 5.56 Å². The number of para-hydroxylation sites is 1. The van der Waals surface area contributed by atoms with E-state index in [0.717, 1.165) is 16.9 Å². The third-order valence-corrected chi connectivity index (χ3v) is 4.87. The average Bonchev–Trinajstić information content (AvgIpc) is 2.75. The Morgan fingerprint density at radius 1 is 0.900 bits per heavy atom. The highest BCUT2D eigenvalue weighted by Crippen LogP contribution is 2.19. The van der Waals surface area contributed by atoms with Crippen LogP contribution in [0.5, 0.6) is 0 Å². The molecule has 0 aliphatic carbocycles. The predicted octanol–water partition coefficient (Wildman–Crippen LogP) is 5.02. The molecule has 0 unspecified atom stereocenters. The van der Waals surface area contributed by atoms with Crippen molar-refractivity contribution >= 4 is 28.9 Å².